The van der Waals surface area contributed by atoms with Crippen molar-refractivity contribution in [2.24, 2.45) is 0 Å². The number of aromatic hydroxyl groups is 1. The Morgan fingerprint density at radius 2 is 1.85 bits per heavy atom. The number of anilines is 1. The number of phenolic OH excluding ortho intramolecular Hbond substituents is 1. The highest BCUT2D eigenvalue weighted by Gasteiger charge is 2.18. The summed E-state index contributed by atoms with van der Waals surface area (Å²) in [7, 11) is 3.14. The van der Waals surface area contributed by atoms with Crippen molar-refractivity contribution in [3.8, 4) is 11.5 Å². The van der Waals surface area contributed by atoms with Crippen molar-refractivity contribution in [3.05, 3.63) is 53.1 Å². The van der Waals surface area contributed by atoms with Crippen LogP contribution in [0.25, 0.3) is 0 Å². The second kappa shape index (κ2) is 5.84. The normalized spacial score (nSPS) is 10.2. The van der Waals surface area contributed by atoms with Gasteiger partial charge in [-0.05, 0) is 36.4 Å². The summed E-state index contributed by atoms with van der Waals surface area (Å²) in [5.41, 5.74) is 1.02. The number of benzene rings is 2. The zero-order valence-electron chi connectivity index (χ0n) is 11.1. The zero-order chi connectivity index (χ0) is 14.7. The van der Waals surface area contributed by atoms with E-state index in [1.165, 1.54) is 24.1 Å². The summed E-state index contributed by atoms with van der Waals surface area (Å²) in [5.74, 6) is 0.352. The Bertz CT molecular complexity index is 626. The minimum absolute atomic E-state index is 0.147. The Labute approximate surface area is 122 Å². The molecule has 0 atom stereocenters. The maximum absolute atomic E-state index is 12.4. The molecule has 0 aliphatic heterocycles. The van der Waals surface area contributed by atoms with Gasteiger partial charge in [-0.2, -0.15) is 0 Å². The van der Waals surface area contributed by atoms with Crippen molar-refractivity contribution in [1.82, 2.24) is 0 Å². The third-order valence-corrected chi connectivity index (χ3v) is 3.35. The summed E-state index contributed by atoms with van der Waals surface area (Å²) < 4.78 is 5.10. The lowest BCUT2D eigenvalue weighted by molar-refractivity contribution is 0.0993. The van der Waals surface area contributed by atoms with Crippen molar-refractivity contribution in [2.75, 3.05) is 19.1 Å². The van der Waals surface area contributed by atoms with Gasteiger partial charge in [0.05, 0.1) is 17.7 Å². The third kappa shape index (κ3) is 2.70. The highest BCUT2D eigenvalue weighted by Crippen LogP contribution is 2.29. The van der Waals surface area contributed by atoms with Crippen molar-refractivity contribution < 1.29 is 14.6 Å². The van der Waals surface area contributed by atoms with Crippen LogP contribution in [0.2, 0.25) is 5.02 Å². The van der Waals surface area contributed by atoms with Crippen molar-refractivity contribution >= 4 is 23.2 Å². The Balaban J connectivity index is 2.34. The lowest BCUT2D eigenvalue weighted by Crippen LogP contribution is -2.26. The summed E-state index contributed by atoms with van der Waals surface area (Å²) in [5, 5.41) is 9.55. The highest BCUT2D eigenvalue weighted by atomic mass is 35.5. The number of carbonyl (C=O) groups excluding carboxylic acids is 1. The number of rotatable bonds is 3. The van der Waals surface area contributed by atoms with Gasteiger partial charge in [-0.15, -0.1) is 0 Å². The largest absolute Gasteiger partial charge is 0.508 e. The molecule has 2 aromatic carbocycles. The van der Waals surface area contributed by atoms with Gasteiger partial charge in [0.25, 0.3) is 5.91 Å². The Hall–Kier alpha value is -2.20. The van der Waals surface area contributed by atoms with Gasteiger partial charge in [0.15, 0.2) is 0 Å². The molecule has 0 fully saturated rings. The van der Waals surface area contributed by atoms with Gasteiger partial charge in [-0.3, -0.25) is 4.79 Å². The standard InChI is InChI=1S/C15H14ClNO3/c1-17(10-6-8-11(18)9-7-10)15(19)12-4-3-5-13(20-2)14(12)16/h3-9,18H,1-2H3. The average molecular weight is 292 g/mol. The summed E-state index contributed by atoms with van der Waals surface area (Å²) in [6.45, 7) is 0. The van der Waals surface area contributed by atoms with Gasteiger partial charge in [0, 0.05) is 12.7 Å². The SMILES string of the molecule is COc1cccc(C(=O)N(C)c2ccc(O)cc2)c1Cl. The molecule has 1 N–H and O–H groups in total. The van der Waals surface area contributed by atoms with Crippen molar-refractivity contribution in [3.63, 3.8) is 0 Å². The summed E-state index contributed by atoms with van der Waals surface area (Å²) in [4.78, 5) is 13.9. The van der Waals surface area contributed by atoms with E-state index in [0.29, 0.717) is 17.0 Å². The molecule has 2 aromatic rings. The number of amides is 1. The number of halogens is 1. The molecule has 0 heterocycles. The first kappa shape index (κ1) is 14.2. The van der Waals surface area contributed by atoms with Crippen molar-refractivity contribution in [1.29, 1.82) is 0 Å². The second-order valence-electron chi connectivity index (χ2n) is 4.20. The van der Waals surface area contributed by atoms with E-state index < -0.39 is 0 Å². The Kier molecular flexibility index (Phi) is 4.15. The van der Waals surface area contributed by atoms with E-state index in [1.54, 1.807) is 37.4 Å². The van der Waals surface area contributed by atoms with E-state index in [4.69, 9.17) is 16.3 Å². The molecule has 0 aliphatic carbocycles. The molecule has 0 spiro atoms. The van der Waals surface area contributed by atoms with Crippen LogP contribution in [0.5, 0.6) is 11.5 Å². The molecule has 104 valence electrons. The van der Waals surface area contributed by atoms with Crippen LogP contribution in [0.1, 0.15) is 10.4 Å². The predicted molar refractivity (Wildman–Crippen MR) is 78.8 cm³/mol. The fourth-order valence-corrected chi connectivity index (χ4v) is 2.09. The number of carbonyl (C=O) groups is 1. The fraction of sp³-hybridized carbons (Fsp3) is 0.133. The minimum atomic E-state index is -0.250. The molecule has 20 heavy (non-hydrogen) atoms. The van der Waals surface area contributed by atoms with Crippen LogP contribution < -0.4 is 9.64 Å². The quantitative estimate of drug-likeness (QED) is 0.943. The molecule has 0 aliphatic rings. The molecule has 4 nitrogen and oxygen atoms in total. The van der Waals surface area contributed by atoms with E-state index in [9.17, 15) is 9.90 Å². The van der Waals surface area contributed by atoms with Crippen LogP contribution in [0.15, 0.2) is 42.5 Å². The van der Waals surface area contributed by atoms with Crippen LogP contribution >= 0.6 is 11.6 Å². The van der Waals surface area contributed by atoms with Gasteiger partial charge in [-0.25, -0.2) is 0 Å². The number of phenols is 1. The lowest BCUT2D eigenvalue weighted by atomic mass is 10.1. The van der Waals surface area contributed by atoms with E-state index in [1.807, 2.05) is 0 Å². The number of hydrogen-bond acceptors (Lipinski definition) is 3. The minimum Gasteiger partial charge on any atom is -0.508 e. The van der Waals surface area contributed by atoms with Crippen LogP contribution in [-0.2, 0) is 0 Å². The van der Waals surface area contributed by atoms with E-state index >= 15 is 0 Å². The van der Waals surface area contributed by atoms with Crippen molar-refractivity contribution in [2.45, 2.75) is 0 Å². The molecule has 5 heteroatoms. The second-order valence-corrected chi connectivity index (χ2v) is 4.58. The van der Waals surface area contributed by atoms with Gasteiger partial charge >= 0.3 is 0 Å². The number of ether oxygens (including phenoxy) is 1. The summed E-state index contributed by atoms with van der Waals surface area (Å²) in [6, 6.07) is 11.4. The molecule has 0 unspecified atom stereocenters. The highest BCUT2D eigenvalue weighted by molar-refractivity contribution is 6.36. The number of nitrogens with zero attached hydrogens (tertiary/aromatic N) is 1. The molecule has 0 bridgehead atoms. The molecule has 1 amide bonds. The van der Waals surface area contributed by atoms with Crippen LogP contribution in [0.4, 0.5) is 5.69 Å². The smallest absolute Gasteiger partial charge is 0.259 e. The zero-order valence-corrected chi connectivity index (χ0v) is 11.9. The topological polar surface area (TPSA) is 49.8 Å². The molecule has 0 saturated carbocycles. The molecular weight excluding hydrogens is 278 g/mol. The van der Waals surface area contributed by atoms with Gasteiger partial charge in [-0.1, -0.05) is 17.7 Å². The lowest BCUT2D eigenvalue weighted by Gasteiger charge is -2.18. The van der Waals surface area contributed by atoms with Crippen LogP contribution in [0, 0.1) is 0 Å². The van der Waals surface area contributed by atoms with Gasteiger partial charge in [0.1, 0.15) is 11.5 Å². The number of methoxy groups -OCH3 is 1. The van der Waals surface area contributed by atoms with Gasteiger partial charge in [0.2, 0.25) is 0 Å². The monoisotopic (exact) mass is 291 g/mol. The summed E-state index contributed by atoms with van der Waals surface area (Å²) in [6.07, 6.45) is 0. The molecule has 2 rings (SSSR count). The van der Waals surface area contributed by atoms with E-state index in [2.05, 4.69) is 0 Å². The summed E-state index contributed by atoms with van der Waals surface area (Å²) >= 11 is 6.15. The maximum atomic E-state index is 12.4. The Morgan fingerprint density at radius 1 is 1.20 bits per heavy atom. The van der Waals surface area contributed by atoms with E-state index in [-0.39, 0.29) is 16.7 Å². The first-order chi connectivity index (χ1) is 9.54. The first-order valence-corrected chi connectivity index (χ1v) is 6.32. The average Bonchev–Trinajstić information content (AvgIpc) is 2.47. The first-order valence-electron chi connectivity index (χ1n) is 5.94. The van der Waals surface area contributed by atoms with Crippen LogP contribution in [0.3, 0.4) is 0 Å². The molecule has 0 radical (unpaired) electrons. The Morgan fingerprint density at radius 3 is 2.45 bits per heavy atom. The third-order valence-electron chi connectivity index (χ3n) is 2.96. The van der Waals surface area contributed by atoms with Crippen LogP contribution in [-0.4, -0.2) is 25.2 Å². The maximum Gasteiger partial charge on any atom is 0.259 e. The predicted octanol–water partition coefficient (Wildman–Crippen LogP) is 3.33. The molecule has 0 aromatic heterocycles. The van der Waals surface area contributed by atoms with Gasteiger partial charge < -0.3 is 14.7 Å². The fourth-order valence-electron chi connectivity index (χ4n) is 1.81. The molecular formula is C15H14ClNO3. The molecule has 0 saturated heterocycles. The van der Waals surface area contributed by atoms with E-state index in [0.717, 1.165) is 0 Å². The number of hydrogen-bond donors (Lipinski definition) is 1.